The van der Waals surface area contributed by atoms with Crippen molar-refractivity contribution in [1.29, 1.82) is 0 Å². The number of ether oxygens (including phenoxy) is 1. The lowest BCUT2D eigenvalue weighted by Gasteiger charge is -2.21. The topological polar surface area (TPSA) is 124 Å². The van der Waals surface area contributed by atoms with Crippen LogP contribution in [0.1, 0.15) is 48.9 Å². The fourth-order valence-electron chi connectivity index (χ4n) is 2.88. The SMILES string of the molecule is O=C(OCCC1CCCCC1)c1ccc(S(=O)(=O)O)c([N+](=O)[O-])c1. The van der Waals surface area contributed by atoms with Gasteiger partial charge < -0.3 is 4.74 Å². The molecule has 1 aromatic rings. The molecule has 2 rings (SSSR count). The summed E-state index contributed by atoms with van der Waals surface area (Å²) >= 11 is 0. The van der Waals surface area contributed by atoms with Crippen LogP contribution in [0.2, 0.25) is 0 Å². The van der Waals surface area contributed by atoms with E-state index < -0.39 is 31.6 Å². The first-order valence-corrected chi connectivity index (χ1v) is 9.16. The summed E-state index contributed by atoms with van der Waals surface area (Å²) in [6.07, 6.45) is 6.58. The van der Waals surface area contributed by atoms with Crippen LogP contribution in [-0.2, 0) is 14.9 Å². The molecule has 1 aliphatic rings. The molecule has 0 bridgehead atoms. The smallest absolute Gasteiger partial charge is 0.338 e. The van der Waals surface area contributed by atoms with Gasteiger partial charge in [0.2, 0.25) is 0 Å². The Bertz CT molecular complexity index is 723. The van der Waals surface area contributed by atoms with E-state index in [0.29, 0.717) is 5.92 Å². The first kappa shape index (κ1) is 18.3. The molecule has 1 N–H and O–H groups in total. The van der Waals surface area contributed by atoms with Crippen LogP contribution in [0.5, 0.6) is 0 Å². The molecule has 0 atom stereocenters. The molecule has 132 valence electrons. The van der Waals surface area contributed by atoms with Crippen molar-refractivity contribution in [3.8, 4) is 0 Å². The number of carbonyl (C=O) groups is 1. The highest BCUT2D eigenvalue weighted by Crippen LogP contribution is 2.27. The van der Waals surface area contributed by atoms with Gasteiger partial charge in [-0.15, -0.1) is 0 Å². The zero-order chi connectivity index (χ0) is 17.7. The molecule has 0 heterocycles. The third kappa shape index (κ3) is 4.75. The molecule has 0 amide bonds. The highest BCUT2D eigenvalue weighted by molar-refractivity contribution is 7.86. The number of hydrogen-bond acceptors (Lipinski definition) is 6. The Morgan fingerprint density at radius 1 is 1.29 bits per heavy atom. The predicted octanol–water partition coefficient (Wildman–Crippen LogP) is 2.97. The van der Waals surface area contributed by atoms with Crippen molar-refractivity contribution in [3.63, 3.8) is 0 Å². The summed E-state index contributed by atoms with van der Waals surface area (Å²) in [6.45, 7) is 0.220. The molecule has 0 spiro atoms. The quantitative estimate of drug-likeness (QED) is 0.359. The first-order valence-electron chi connectivity index (χ1n) is 7.72. The second-order valence-electron chi connectivity index (χ2n) is 5.84. The highest BCUT2D eigenvalue weighted by Gasteiger charge is 2.26. The Labute approximate surface area is 139 Å². The van der Waals surface area contributed by atoms with E-state index in [0.717, 1.165) is 37.5 Å². The van der Waals surface area contributed by atoms with Crippen LogP contribution in [0.3, 0.4) is 0 Å². The van der Waals surface area contributed by atoms with Crippen LogP contribution < -0.4 is 0 Å². The van der Waals surface area contributed by atoms with Crippen molar-refractivity contribution >= 4 is 21.8 Å². The van der Waals surface area contributed by atoms with Gasteiger partial charge in [-0.25, -0.2) is 4.79 Å². The van der Waals surface area contributed by atoms with Crippen LogP contribution in [0.25, 0.3) is 0 Å². The third-order valence-electron chi connectivity index (χ3n) is 4.15. The Hall–Kier alpha value is -2.00. The standard InChI is InChI=1S/C15H19NO7S/c17-15(23-9-8-11-4-2-1-3-5-11)12-6-7-14(24(20,21)22)13(10-12)16(18)19/h6-7,10-11H,1-5,8-9H2,(H,20,21,22). The summed E-state index contributed by atoms with van der Waals surface area (Å²) in [6, 6.07) is 2.70. The summed E-state index contributed by atoms with van der Waals surface area (Å²) in [5.74, 6) is -0.224. The zero-order valence-corrected chi connectivity index (χ0v) is 13.8. The number of rotatable bonds is 6. The minimum absolute atomic E-state index is 0.127. The second kappa shape index (κ2) is 7.71. The molecule has 0 saturated heterocycles. The number of nitro benzene ring substituents is 1. The highest BCUT2D eigenvalue weighted by atomic mass is 32.2. The molecule has 0 aliphatic heterocycles. The molecule has 24 heavy (non-hydrogen) atoms. The maximum Gasteiger partial charge on any atom is 0.338 e. The summed E-state index contributed by atoms with van der Waals surface area (Å²) in [7, 11) is -4.75. The van der Waals surface area contributed by atoms with Gasteiger partial charge in [-0.05, 0) is 24.5 Å². The summed E-state index contributed by atoms with van der Waals surface area (Å²) in [4.78, 5) is 21.1. The number of benzene rings is 1. The van der Waals surface area contributed by atoms with Gasteiger partial charge in [-0.3, -0.25) is 14.7 Å². The molecule has 0 radical (unpaired) electrons. The van der Waals surface area contributed by atoms with E-state index in [1.165, 1.54) is 19.3 Å². The number of nitrogens with zero attached hydrogens (tertiary/aromatic N) is 1. The average Bonchev–Trinajstić information content (AvgIpc) is 2.54. The largest absolute Gasteiger partial charge is 0.462 e. The van der Waals surface area contributed by atoms with E-state index >= 15 is 0 Å². The van der Waals surface area contributed by atoms with Crippen molar-refractivity contribution < 1.29 is 27.4 Å². The van der Waals surface area contributed by atoms with Gasteiger partial charge in [0.15, 0.2) is 4.90 Å². The van der Waals surface area contributed by atoms with Crippen LogP contribution >= 0.6 is 0 Å². The van der Waals surface area contributed by atoms with Crippen molar-refractivity contribution in [2.75, 3.05) is 6.61 Å². The minimum atomic E-state index is -4.75. The van der Waals surface area contributed by atoms with Crippen molar-refractivity contribution in [2.24, 2.45) is 5.92 Å². The molecular formula is C15H19NO7S. The van der Waals surface area contributed by atoms with E-state index in [-0.39, 0.29) is 12.2 Å². The van der Waals surface area contributed by atoms with Gasteiger partial charge >= 0.3 is 16.1 Å². The van der Waals surface area contributed by atoms with E-state index in [9.17, 15) is 23.3 Å². The Kier molecular flexibility index (Phi) is 5.89. The molecule has 0 unspecified atom stereocenters. The van der Waals surface area contributed by atoms with Crippen molar-refractivity contribution in [3.05, 3.63) is 33.9 Å². The molecule has 8 nitrogen and oxygen atoms in total. The molecule has 1 fully saturated rings. The number of hydrogen-bond donors (Lipinski definition) is 1. The average molecular weight is 357 g/mol. The lowest BCUT2D eigenvalue weighted by Crippen LogP contribution is -2.13. The van der Waals surface area contributed by atoms with Gasteiger partial charge in [0.05, 0.1) is 17.1 Å². The Morgan fingerprint density at radius 3 is 2.54 bits per heavy atom. The zero-order valence-electron chi connectivity index (χ0n) is 13.0. The minimum Gasteiger partial charge on any atom is -0.462 e. The first-order chi connectivity index (χ1) is 11.3. The van der Waals surface area contributed by atoms with Gasteiger partial charge in [-0.1, -0.05) is 32.1 Å². The van der Waals surface area contributed by atoms with Crippen LogP contribution in [0.4, 0.5) is 5.69 Å². The molecule has 1 aliphatic carbocycles. The van der Waals surface area contributed by atoms with E-state index in [1.807, 2.05) is 0 Å². The number of esters is 1. The maximum atomic E-state index is 12.0. The maximum absolute atomic E-state index is 12.0. The lowest BCUT2D eigenvalue weighted by molar-refractivity contribution is -0.387. The molecule has 9 heteroatoms. The van der Waals surface area contributed by atoms with Gasteiger partial charge in [0.1, 0.15) is 0 Å². The lowest BCUT2D eigenvalue weighted by atomic mass is 9.87. The second-order valence-corrected chi connectivity index (χ2v) is 7.23. The van der Waals surface area contributed by atoms with E-state index in [4.69, 9.17) is 9.29 Å². The fourth-order valence-corrected chi connectivity index (χ4v) is 3.52. The predicted molar refractivity (Wildman–Crippen MR) is 84.4 cm³/mol. The molecule has 1 aromatic carbocycles. The Morgan fingerprint density at radius 2 is 1.96 bits per heavy atom. The molecule has 0 aromatic heterocycles. The Balaban J connectivity index is 2.04. The van der Waals surface area contributed by atoms with Gasteiger partial charge in [-0.2, -0.15) is 8.42 Å². The summed E-state index contributed by atoms with van der Waals surface area (Å²) in [5.41, 5.74) is -0.989. The summed E-state index contributed by atoms with van der Waals surface area (Å²) in [5, 5.41) is 10.9. The van der Waals surface area contributed by atoms with Crippen molar-refractivity contribution in [2.45, 2.75) is 43.4 Å². The van der Waals surface area contributed by atoms with Crippen LogP contribution in [-0.4, -0.2) is 30.5 Å². The summed E-state index contributed by atoms with van der Waals surface area (Å²) < 4.78 is 36.3. The molecular weight excluding hydrogens is 338 g/mol. The van der Waals surface area contributed by atoms with Crippen LogP contribution in [0, 0.1) is 16.0 Å². The van der Waals surface area contributed by atoms with E-state index in [1.54, 1.807) is 0 Å². The van der Waals surface area contributed by atoms with Crippen LogP contribution in [0.15, 0.2) is 23.1 Å². The fraction of sp³-hybridized carbons (Fsp3) is 0.533. The number of carbonyl (C=O) groups excluding carboxylic acids is 1. The van der Waals surface area contributed by atoms with Gasteiger partial charge in [0, 0.05) is 6.07 Å². The number of nitro groups is 1. The van der Waals surface area contributed by atoms with Gasteiger partial charge in [0.25, 0.3) is 5.69 Å². The molecule has 1 saturated carbocycles. The third-order valence-corrected chi connectivity index (χ3v) is 5.05. The van der Waals surface area contributed by atoms with Crippen molar-refractivity contribution in [1.82, 2.24) is 0 Å². The normalized spacial score (nSPS) is 15.9. The van der Waals surface area contributed by atoms with E-state index in [2.05, 4.69) is 0 Å². The monoisotopic (exact) mass is 357 g/mol.